The lowest BCUT2D eigenvalue weighted by molar-refractivity contribution is 0.0600. The Labute approximate surface area is 165 Å². The summed E-state index contributed by atoms with van der Waals surface area (Å²) >= 11 is 0. The van der Waals surface area contributed by atoms with E-state index in [1.165, 1.54) is 18.2 Å². The highest BCUT2D eigenvalue weighted by atomic mass is 16.5. The van der Waals surface area contributed by atoms with Crippen LogP contribution in [0, 0.1) is 0 Å². The summed E-state index contributed by atoms with van der Waals surface area (Å²) in [6, 6.07) is 7.71. The van der Waals surface area contributed by atoms with Crippen LogP contribution in [-0.2, 0) is 17.7 Å². The highest BCUT2D eigenvalue weighted by Gasteiger charge is 2.21. The molecular weight excluding hydrogens is 356 g/mol. The van der Waals surface area contributed by atoms with Crippen LogP contribution in [0.2, 0.25) is 0 Å². The predicted molar refractivity (Wildman–Crippen MR) is 109 cm³/mol. The van der Waals surface area contributed by atoms with E-state index in [-0.39, 0.29) is 18.5 Å². The van der Waals surface area contributed by atoms with Gasteiger partial charge in [0.15, 0.2) is 0 Å². The summed E-state index contributed by atoms with van der Waals surface area (Å²) in [5, 5.41) is 12.3. The van der Waals surface area contributed by atoms with Gasteiger partial charge in [0.25, 0.3) is 0 Å². The van der Waals surface area contributed by atoms with Crippen molar-refractivity contribution in [2.45, 2.75) is 39.2 Å². The molecule has 1 aromatic heterocycles. The summed E-state index contributed by atoms with van der Waals surface area (Å²) in [7, 11) is 1.40. The average molecular weight is 384 g/mol. The van der Waals surface area contributed by atoms with Crippen LogP contribution in [0.4, 0.5) is 11.6 Å². The van der Waals surface area contributed by atoms with Crippen LogP contribution in [0.15, 0.2) is 24.3 Å². The molecule has 150 valence electrons. The summed E-state index contributed by atoms with van der Waals surface area (Å²) in [6.45, 7) is 6.54. The van der Waals surface area contributed by atoms with Crippen molar-refractivity contribution in [2.24, 2.45) is 0 Å². The zero-order valence-corrected chi connectivity index (χ0v) is 16.7. The lowest BCUT2D eigenvalue weighted by Crippen LogP contribution is -2.31. The molecule has 2 N–H and O–H groups in total. The van der Waals surface area contributed by atoms with E-state index in [0.29, 0.717) is 18.5 Å². The normalized spacial score (nSPS) is 13.4. The van der Waals surface area contributed by atoms with E-state index in [1.807, 2.05) is 24.3 Å². The second-order valence-electron chi connectivity index (χ2n) is 7.27. The molecular formula is C21H28N4O3. The van der Waals surface area contributed by atoms with Gasteiger partial charge < -0.3 is 20.1 Å². The third-order valence-corrected chi connectivity index (χ3v) is 4.85. The van der Waals surface area contributed by atoms with E-state index in [9.17, 15) is 4.79 Å². The standard InChI is InChI=1S/C21H28N4O3/c1-14(2)20-23-18(22-8-4-10-26)12-19(24-20)25-9-7-15-11-16(21(27)28-3)5-6-17(15)13-25/h5-6,11-12,14,26H,4,7-10,13H2,1-3H3,(H,22,23,24). The second kappa shape index (κ2) is 9.01. The maximum Gasteiger partial charge on any atom is 0.337 e. The fourth-order valence-corrected chi connectivity index (χ4v) is 3.25. The van der Waals surface area contributed by atoms with Crippen LogP contribution in [-0.4, -0.2) is 47.8 Å². The number of hydrogen-bond acceptors (Lipinski definition) is 7. The first-order valence-corrected chi connectivity index (χ1v) is 9.70. The van der Waals surface area contributed by atoms with Gasteiger partial charge >= 0.3 is 5.97 Å². The Bertz CT molecular complexity index is 838. The van der Waals surface area contributed by atoms with Crippen molar-refractivity contribution in [2.75, 3.05) is 37.0 Å². The van der Waals surface area contributed by atoms with Gasteiger partial charge in [-0.3, -0.25) is 0 Å². The molecule has 0 unspecified atom stereocenters. The van der Waals surface area contributed by atoms with Gasteiger partial charge in [0, 0.05) is 38.2 Å². The number of aliphatic hydroxyl groups excluding tert-OH is 1. The Kier molecular flexibility index (Phi) is 6.46. The van der Waals surface area contributed by atoms with Gasteiger partial charge in [0.1, 0.15) is 17.5 Å². The highest BCUT2D eigenvalue weighted by molar-refractivity contribution is 5.89. The van der Waals surface area contributed by atoms with Gasteiger partial charge in [-0.05, 0) is 36.1 Å². The minimum absolute atomic E-state index is 0.151. The van der Waals surface area contributed by atoms with E-state index >= 15 is 0 Å². The van der Waals surface area contributed by atoms with Crippen molar-refractivity contribution < 1.29 is 14.6 Å². The Balaban J connectivity index is 1.82. The van der Waals surface area contributed by atoms with E-state index in [2.05, 4.69) is 29.0 Å². The summed E-state index contributed by atoms with van der Waals surface area (Å²) < 4.78 is 4.82. The quantitative estimate of drug-likeness (QED) is 0.560. The number of carbonyl (C=O) groups is 1. The number of aromatic nitrogens is 2. The topological polar surface area (TPSA) is 87.6 Å². The minimum Gasteiger partial charge on any atom is -0.465 e. The molecule has 0 radical (unpaired) electrons. The van der Waals surface area contributed by atoms with Crippen LogP contribution in [0.3, 0.4) is 0 Å². The molecule has 0 spiro atoms. The number of nitrogens with one attached hydrogen (secondary N) is 1. The fraction of sp³-hybridized carbons (Fsp3) is 0.476. The molecule has 0 saturated carbocycles. The number of rotatable bonds is 7. The van der Waals surface area contributed by atoms with Crippen LogP contribution in [0.5, 0.6) is 0 Å². The van der Waals surface area contributed by atoms with Crippen LogP contribution in [0.1, 0.15) is 53.5 Å². The van der Waals surface area contributed by atoms with Crippen molar-refractivity contribution in [1.29, 1.82) is 0 Å². The Morgan fingerprint density at radius 3 is 2.82 bits per heavy atom. The Hall–Kier alpha value is -2.67. The Morgan fingerprint density at radius 2 is 2.11 bits per heavy atom. The maximum atomic E-state index is 11.8. The van der Waals surface area contributed by atoms with E-state index in [1.54, 1.807) is 0 Å². The molecule has 0 aliphatic carbocycles. The number of esters is 1. The zero-order chi connectivity index (χ0) is 20.1. The summed E-state index contributed by atoms with van der Waals surface area (Å²) in [5.74, 6) is 2.40. The molecule has 1 aromatic carbocycles. The van der Waals surface area contributed by atoms with Gasteiger partial charge in [-0.25, -0.2) is 14.8 Å². The number of hydrogen-bond donors (Lipinski definition) is 2. The number of anilines is 2. The first-order chi connectivity index (χ1) is 13.5. The van der Waals surface area contributed by atoms with Gasteiger partial charge in [-0.2, -0.15) is 0 Å². The molecule has 28 heavy (non-hydrogen) atoms. The van der Waals surface area contributed by atoms with E-state index in [0.717, 1.165) is 37.0 Å². The lowest BCUT2D eigenvalue weighted by atomic mass is 9.97. The highest BCUT2D eigenvalue weighted by Crippen LogP contribution is 2.27. The monoisotopic (exact) mass is 384 g/mol. The predicted octanol–water partition coefficient (Wildman–Crippen LogP) is 2.74. The zero-order valence-electron chi connectivity index (χ0n) is 16.7. The minimum atomic E-state index is -0.304. The third-order valence-electron chi connectivity index (χ3n) is 4.85. The number of methoxy groups -OCH3 is 1. The van der Waals surface area contributed by atoms with Gasteiger partial charge in [-0.15, -0.1) is 0 Å². The molecule has 0 fully saturated rings. The maximum absolute atomic E-state index is 11.8. The Morgan fingerprint density at radius 1 is 1.29 bits per heavy atom. The van der Waals surface area contributed by atoms with Crippen molar-refractivity contribution in [1.82, 2.24) is 9.97 Å². The van der Waals surface area contributed by atoms with E-state index < -0.39 is 0 Å². The van der Waals surface area contributed by atoms with Gasteiger partial charge in [0.05, 0.1) is 12.7 Å². The van der Waals surface area contributed by atoms with Crippen LogP contribution < -0.4 is 10.2 Å². The number of fused-ring (bicyclic) bond motifs is 1. The van der Waals surface area contributed by atoms with Crippen molar-refractivity contribution in [3.05, 3.63) is 46.8 Å². The summed E-state index contributed by atoms with van der Waals surface area (Å²) in [6.07, 6.45) is 1.52. The largest absolute Gasteiger partial charge is 0.465 e. The van der Waals surface area contributed by atoms with Gasteiger partial charge in [0.2, 0.25) is 0 Å². The average Bonchev–Trinajstić information content (AvgIpc) is 2.72. The molecule has 1 aliphatic heterocycles. The molecule has 0 bridgehead atoms. The number of benzene rings is 1. The molecule has 0 saturated heterocycles. The first-order valence-electron chi connectivity index (χ1n) is 9.70. The molecule has 0 amide bonds. The number of carbonyl (C=O) groups excluding carboxylic acids is 1. The molecule has 2 heterocycles. The summed E-state index contributed by atoms with van der Waals surface area (Å²) in [4.78, 5) is 23.4. The van der Waals surface area contributed by atoms with Crippen molar-refractivity contribution in [3.63, 3.8) is 0 Å². The molecule has 7 nitrogen and oxygen atoms in total. The number of nitrogens with zero attached hydrogens (tertiary/aromatic N) is 3. The first kappa shape index (κ1) is 20.1. The molecule has 1 aliphatic rings. The molecule has 2 aromatic rings. The summed E-state index contributed by atoms with van der Waals surface area (Å²) in [5.41, 5.74) is 2.96. The van der Waals surface area contributed by atoms with Gasteiger partial charge in [-0.1, -0.05) is 19.9 Å². The van der Waals surface area contributed by atoms with Crippen molar-refractivity contribution >= 4 is 17.6 Å². The molecule has 7 heteroatoms. The molecule has 0 atom stereocenters. The van der Waals surface area contributed by atoms with Crippen LogP contribution in [0.25, 0.3) is 0 Å². The molecule has 3 rings (SSSR count). The lowest BCUT2D eigenvalue weighted by Gasteiger charge is -2.30. The van der Waals surface area contributed by atoms with Crippen molar-refractivity contribution in [3.8, 4) is 0 Å². The van der Waals surface area contributed by atoms with Crippen LogP contribution >= 0.6 is 0 Å². The third kappa shape index (κ3) is 4.59. The smallest absolute Gasteiger partial charge is 0.337 e. The number of ether oxygens (including phenoxy) is 1. The number of aliphatic hydroxyl groups is 1. The fourth-order valence-electron chi connectivity index (χ4n) is 3.25. The second-order valence-corrected chi connectivity index (χ2v) is 7.27. The SMILES string of the molecule is COC(=O)c1ccc2c(c1)CCN(c1cc(NCCCO)nc(C(C)C)n1)C2. The van der Waals surface area contributed by atoms with E-state index in [4.69, 9.17) is 14.8 Å².